The van der Waals surface area contributed by atoms with E-state index in [2.05, 4.69) is 10.6 Å². The van der Waals surface area contributed by atoms with E-state index in [-0.39, 0.29) is 5.91 Å². The molecule has 112 valence electrons. The van der Waals surface area contributed by atoms with Crippen LogP contribution < -0.4 is 21.5 Å². The molecule has 0 bridgehead atoms. The summed E-state index contributed by atoms with van der Waals surface area (Å²) in [5.74, 6) is -1.46. The van der Waals surface area contributed by atoms with E-state index in [1.54, 1.807) is 24.3 Å². The second-order valence-corrected chi connectivity index (χ2v) is 5.16. The standard InChI is InChI=1S/C15H19N3O3/c16-15(8-1-9-17-10-15)14(21)18-12-5-2-11(3-6-12)4-7-13(19)20/h2-7,17H,1,8-10,16H2,(H,18,21)(H,19,20)/p-1/b7-4+. The van der Waals surface area contributed by atoms with Gasteiger partial charge in [0, 0.05) is 12.2 Å². The summed E-state index contributed by atoms with van der Waals surface area (Å²) in [6, 6.07) is 6.81. The van der Waals surface area contributed by atoms with Gasteiger partial charge in [-0.1, -0.05) is 18.2 Å². The monoisotopic (exact) mass is 288 g/mol. The van der Waals surface area contributed by atoms with Crippen LogP contribution in [0.3, 0.4) is 0 Å². The van der Waals surface area contributed by atoms with Crippen LogP contribution >= 0.6 is 0 Å². The minimum Gasteiger partial charge on any atom is -0.545 e. The molecule has 0 spiro atoms. The average molecular weight is 288 g/mol. The second kappa shape index (κ2) is 6.51. The van der Waals surface area contributed by atoms with Crippen LogP contribution in [-0.2, 0) is 9.59 Å². The molecule has 21 heavy (non-hydrogen) atoms. The Morgan fingerprint density at radius 2 is 2.05 bits per heavy atom. The Morgan fingerprint density at radius 3 is 2.62 bits per heavy atom. The van der Waals surface area contributed by atoms with E-state index in [9.17, 15) is 14.7 Å². The quantitative estimate of drug-likeness (QED) is 0.646. The van der Waals surface area contributed by atoms with E-state index in [0.29, 0.717) is 24.2 Å². The normalized spacial score (nSPS) is 22.1. The first-order valence-corrected chi connectivity index (χ1v) is 6.80. The first-order valence-electron chi connectivity index (χ1n) is 6.80. The van der Waals surface area contributed by atoms with E-state index in [4.69, 9.17) is 5.73 Å². The molecule has 6 heteroatoms. The lowest BCUT2D eigenvalue weighted by atomic mass is 9.90. The zero-order valence-electron chi connectivity index (χ0n) is 11.6. The van der Waals surface area contributed by atoms with Gasteiger partial charge in [-0.2, -0.15) is 0 Å². The maximum absolute atomic E-state index is 12.2. The number of piperidine rings is 1. The van der Waals surface area contributed by atoms with Gasteiger partial charge in [-0.25, -0.2) is 0 Å². The Balaban J connectivity index is 1.99. The Bertz CT molecular complexity index is 546. The third-order valence-corrected chi connectivity index (χ3v) is 3.45. The molecule has 1 aliphatic rings. The van der Waals surface area contributed by atoms with Crippen molar-refractivity contribution in [2.75, 3.05) is 18.4 Å². The maximum atomic E-state index is 12.2. The molecule has 1 atom stereocenters. The highest BCUT2D eigenvalue weighted by molar-refractivity contribution is 5.98. The molecule has 4 N–H and O–H groups in total. The van der Waals surface area contributed by atoms with Crippen LogP contribution in [0.2, 0.25) is 0 Å². The molecule has 2 rings (SSSR count). The molecule has 1 aromatic rings. The summed E-state index contributed by atoms with van der Waals surface area (Å²) in [6.45, 7) is 1.34. The first kappa shape index (κ1) is 15.2. The molecule has 1 aromatic carbocycles. The summed E-state index contributed by atoms with van der Waals surface area (Å²) in [4.78, 5) is 22.5. The SMILES string of the molecule is NC1(C(=O)Nc2ccc(/C=C/C(=O)[O-])cc2)CCCNC1. The van der Waals surface area contributed by atoms with Crippen LogP contribution in [0.15, 0.2) is 30.3 Å². The number of rotatable bonds is 4. The zero-order valence-corrected chi connectivity index (χ0v) is 11.6. The predicted octanol–water partition coefficient (Wildman–Crippen LogP) is -0.531. The van der Waals surface area contributed by atoms with E-state index in [1.165, 1.54) is 6.08 Å². The molecule has 1 saturated heterocycles. The van der Waals surface area contributed by atoms with Crippen LogP contribution in [0.1, 0.15) is 18.4 Å². The fourth-order valence-corrected chi connectivity index (χ4v) is 2.22. The lowest BCUT2D eigenvalue weighted by Crippen LogP contribution is -2.60. The molecule has 0 aromatic heterocycles. The number of hydrogen-bond donors (Lipinski definition) is 3. The van der Waals surface area contributed by atoms with Crippen LogP contribution in [0.4, 0.5) is 5.69 Å². The molecule has 0 saturated carbocycles. The molecular formula is C15H18N3O3-. The maximum Gasteiger partial charge on any atom is 0.245 e. The Labute approximate surface area is 123 Å². The van der Waals surface area contributed by atoms with Crippen molar-refractivity contribution in [2.24, 2.45) is 5.73 Å². The van der Waals surface area contributed by atoms with Gasteiger partial charge < -0.3 is 26.3 Å². The van der Waals surface area contributed by atoms with Crippen molar-refractivity contribution < 1.29 is 14.7 Å². The van der Waals surface area contributed by atoms with Crippen molar-refractivity contribution in [3.05, 3.63) is 35.9 Å². The molecule has 0 aliphatic carbocycles. The van der Waals surface area contributed by atoms with Crippen molar-refractivity contribution in [1.29, 1.82) is 0 Å². The highest BCUT2D eigenvalue weighted by Gasteiger charge is 2.35. The largest absolute Gasteiger partial charge is 0.545 e. The first-order chi connectivity index (χ1) is 9.99. The molecule has 0 radical (unpaired) electrons. The Kier molecular flexibility index (Phi) is 4.72. The summed E-state index contributed by atoms with van der Waals surface area (Å²) in [5.41, 5.74) is 6.55. The van der Waals surface area contributed by atoms with E-state index < -0.39 is 11.5 Å². The highest BCUT2D eigenvalue weighted by atomic mass is 16.4. The number of aliphatic carboxylic acids is 1. The molecule has 1 fully saturated rings. The van der Waals surface area contributed by atoms with Crippen LogP contribution in [0, 0.1) is 0 Å². The lowest BCUT2D eigenvalue weighted by Gasteiger charge is -2.32. The number of carbonyl (C=O) groups is 2. The summed E-state index contributed by atoms with van der Waals surface area (Å²) < 4.78 is 0. The minimum atomic E-state index is -1.25. The number of hydrogen-bond acceptors (Lipinski definition) is 5. The number of nitrogens with one attached hydrogen (secondary N) is 2. The summed E-state index contributed by atoms with van der Waals surface area (Å²) in [7, 11) is 0. The van der Waals surface area contributed by atoms with Gasteiger partial charge in [-0.05, 0) is 43.2 Å². The van der Waals surface area contributed by atoms with Crippen molar-refractivity contribution in [3.8, 4) is 0 Å². The van der Waals surface area contributed by atoms with Crippen molar-refractivity contribution in [1.82, 2.24) is 5.32 Å². The van der Waals surface area contributed by atoms with Gasteiger partial charge >= 0.3 is 0 Å². The smallest absolute Gasteiger partial charge is 0.245 e. The lowest BCUT2D eigenvalue weighted by molar-refractivity contribution is -0.297. The predicted molar refractivity (Wildman–Crippen MR) is 78.1 cm³/mol. The van der Waals surface area contributed by atoms with Gasteiger partial charge in [-0.15, -0.1) is 0 Å². The molecule has 1 unspecified atom stereocenters. The van der Waals surface area contributed by atoms with Crippen LogP contribution in [-0.4, -0.2) is 30.5 Å². The van der Waals surface area contributed by atoms with E-state index >= 15 is 0 Å². The number of anilines is 1. The van der Waals surface area contributed by atoms with Crippen molar-refractivity contribution >= 4 is 23.6 Å². The number of carboxylic acid groups (broad SMARTS) is 1. The van der Waals surface area contributed by atoms with Crippen molar-refractivity contribution in [2.45, 2.75) is 18.4 Å². The molecule has 6 nitrogen and oxygen atoms in total. The second-order valence-electron chi connectivity index (χ2n) is 5.16. The zero-order chi connectivity index (χ0) is 15.3. The van der Waals surface area contributed by atoms with E-state index in [0.717, 1.165) is 19.0 Å². The van der Waals surface area contributed by atoms with Crippen LogP contribution in [0.5, 0.6) is 0 Å². The molecular weight excluding hydrogens is 270 g/mol. The van der Waals surface area contributed by atoms with Gasteiger partial charge in [0.05, 0.1) is 5.97 Å². The third-order valence-electron chi connectivity index (χ3n) is 3.45. The summed E-state index contributed by atoms with van der Waals surface area (Å²) in [5, 5.41) is 16.2. The number of carbonyl (C=O) groups excluding carboxylic acids is 2. The van der Waals surface area contributed by atoms with E-state index in [1.807, 2.05) is 0 Å². The highest BCUT2D eigenvalue weighted by Crippen LogP contribution is 2.17. The number of benzene rings is 1. The number of amides is 1. The summed E-state index contributed by atoms with van der Waals surface area (Å²) >= 11 is 0. The Hall–Kier alpha value is -2.18. The van der Waals surface area contributed by atoms with Gasteiger partial charge in [0.15, 0.2) is 0 Å². The van der Waals surface area contributed by atoms with Gasteiger partial charge in [-0.3, -0.25) is 4.79 Å². The Morgan fingerprint density at radius 1 is 1.33 bits per heavy atom. The fourth-order valence-electron chi connectivity index (χ4n) is 2.22. The van der Waals surface area contributed by atoms with Crippen LogP contribution in [0.25, 0.3) is 6.08 Å². The number of carboxylic acids is 1. The fraction of sp³-hybridized carbons (Fsp3) is 0.333. The molecule has 1 aliphatic heterocycles. The minimum absolute atomic E-state index is 0.215. The average Bonchev–Trinajstić information content (AvgIpc) is 2.47. The van der Waals surface area contributed by atoms with Crippen molar-refractivity contribution in [3.63, 3.8) is 0 Å². The number of nitrogens with two attached hydrogens (primary N) is 1. The molecule has 1 amide bonds. The van der Waals surface area contributed by atoms with Gasteiger partial charge in [0.2, 0.25) is 5.91 Å². The van der Waals surface area contributed by atoms with Gasteiger partial charge in [0.1, 0.15) is 5.54 Å². The van der Waals surface area contributed by atoms with Gasteiger partial charge in [0.25, 0.3) is 0 Å². The summed E-state index contributed by atoms with van der Waals surface area (Å²) in [6.07, 6.45) is 3.90. The third kappa shape index (κ3) is 4.14. The topological polar surface area (TPSA) is 107 Å². The molecule has 1 heterocycles.